The van der Waals surface area contributed by atoms with E-state index in [4.69, 9.17) is 6.42 Å². The molecule has 1 atom stereocenters. The van der Waals surface area contributed by atoms with Crippen molar-refractivity contribution in [3.8, 4) is 12.3 Å². The fourth-order valence-electron chi connectivity index (χ4n) is 1.22. The van der Waals surface area contributed by atoms with Gasteiger partial charge >= 0.3 is 0 Å². The van der Waals surface area contributed by atoms with Gasteiger partial charge in [-0.15, -0.1) is 6.42 Å². The monoisotopic (exact) mass is 191 g/mol. The lowest BCUT2D eigenvalue weighted by atomic mass is 10.3. The molecule has 0 aliphatic carbocycles. The second kappa shape index (κ2) is 6.22. The number of rotatable bonds is 6. The summed E-state index contributed by atoms with van der Waals surface area (Å²) >= 11 is 0. The van der Waals surface area contributed by atoms with Crippen LogP contribution < -0.4 is 5.32 Å². The first-order valence-electron chi connectivity index (χ1n) is 4.98. The molecule has 0 saturated heterocycles. The van der Waals surface area contributed by atoms with Gasteiger partial charge in [0.1, 0.15) is 0 Å². The molecule has 1 aromatic heterocycles. The van der Waals surface area contributed by atoms with Crippen molar-refractivity contribution in [1.82, 2.24) is 14.9 Å². The smallest absolute Gasteiger partial charge is 0.0945 e. The van der Waals surface area contributed by atoms with Gasteiger partial charge in [-0.25, -0.2) is 4.98 Å². The molecule has 0 aromatic carbocycles. The Morgan fingerprint density at radius 1 is 1.57 bits per heavy atom. The van der Waals surface area contributed by atoms with E-state index in [2.05, 4.69) is 20.8 Å². The zero-order chi connectivity index (χ0) is 10.2. The number of unbranched alkanes of at least 4 members (excludes halogenated alkanes) is 1. The lowest BCUT2D eigenvalue weighted by Gasteiger charge is -2.07. The Balaban J connectivity index is 1.98. The molecule has 0 bridgehead atoms. The standard InChI is InChI=1S/C11H17N3/c1-3-11(2)13-6-4-5-8-14-9-7-12-10-14/h1,7,9-11,13H,4-6,8H2,2H3. The third-order valence-electron chi connectivity index (χ3n) is 2.10. The number of hydrogen-bond acceptors (Lipinski definition) is 2. The fourth-order valence-corrected chi connectivity index (χ4v) is 1.22. The summed E-state index contributed by atoms with van der Waals surface area (Å²) in [6.45, 7) is 4.02. The molecular weight excluding hydrogens is 174 g/mol. The normalized spacial score (nSPS) is 12.3. The minimum absolute atomic E-state index is 0.184. The van der Waals surface area contributed by atoms with E-state index in [1.807, 2.05) is 19.4 Å². The Hall–Kier alpha value is -1.27. The summed E-state index contributed by atoms with van der Waals surface area (Å²) in [5.74, 6) is 2.64. The second-order valence-corrected chi connectivity index (χ2v) is 3.35. The molecule has 1 heterocycles. The van der Waals surface area contributed by atoms with Crippen LogP contribution >= 0.6 is 0 Å². The van der Waals surface area contributed by atoms with Crippen molar-refractivity contribution in [1.29, 1.82) is 0 Å². The Labute approximate surface area is 85.5 Å². The summed E-state index contributed by atoms with van der Waals surface area (Å²) < 4.78 is 2.09. The molecule has 0 amide bonds. The average molecular weight is 191 g/mol. The quantitative estimate of drug-likeness (QED) is 0.542. The zero-order valence-corrected chi connectivity index (χ0v) is 8.61. The predicted octanol–water partition coefficient (Wildman–Crippen LogP) is 1.27. The van der Waals surface area contributed by atoms with Gasteiger partial charge in [0.2, 0.25) is 0 Å². The van der Waals surface area contributed by atoms with Gasteiger partial charge in [-0.05, 0) is 26.3 Å². The van der Waals surface area contributed by atoms with Gasteiger partial charge in [0.05, 0.1) is 12.4 Å². The molecule has 0 spiro atoms. The maximum atomic E-state index is 5.24. The van der Waals surface area contributed by atoms with Gasteiger partial charge in [0.25, 0.3) is 0 Å². The van der Waals surface area contributed by atoms with Crippen molar-refractivity contribution in [3.63, 3.8) is 0 Å². The molecular formula is C11H17N3. The Morgan fingerprint density at radius 3 is 3.07 bits per heavy atom. The van der Waals surface area contributed by atoms with Crippen LogP contribution in [-0.4, -0.2) is 22.1 Å². The topological polar surface area (TPSA) is 29.9 Å². The number of aryl methyl sites for hydroxylation is 1. The molecule has 0 radical (unpaired) electrons. The highest BCUT2D eigenvalue weighted by molar-refractivity contribution is 4.95. The molecule has 14 heavy (non-hydrogen) atoms. The molecule has 3 nitrogen and oxygen atoms in total. The van der Waals surface area contributed by atoms with Gasteiger partial charge in [-0.1, -0.05) is 5.92 Å². The first-order valence-corrected chi connectivity index (χ1v) is 4.98. The molecule has 1 aromatic rings. The van der Waals surface area contributed by atoms with Crippen molar-refractivity contribution >= 4 is 0 Å². The van der Waals surface area contributed by atoms with E-state index in [0.717, 1.165) is 25.9 Å². The maximum absolute atomic E-state index is 5.24. The van der Waals surface area contributed by atoms with E-state index in [-0.39, 0.29) is 6.04 Å². The molecule has 1 N–H and O–H groups in total. The molecule has 0 aliphatic heterocycles. The average Bonchev–Trinajstić information content (AvgIpc) is 2.69. The second-order valence-electron chi connectivity index (χ2n) is 3.35. The number of terminal acetylenes is 1. The van der Waals surface area contributed by atoms with Gasteiger partial charge < -0.3 is 9.88 Å². The minimum Gasteiger partial charge on any atom is -0.337 e. The maximum Gasteiger partial charge on any atom is 0.0945 e. The zero-order valence-electron chi connectivity index (χ0n) is 8.61. The summed E-state index contributed by atoms with van der Waals surface area (Å²) in [5.41, 5.74) is 0. The number of aromatic nitrogens is 2. The van der Waals surface area contributed by atoms with Crippen molar-refractivity contribution in [2.24, 2.45) is 0 Å². The molecule has 0 aliphatic rings. The number of nitrogens with one attached hydrogen (secondary N) is 1. The molecule has 3 heteroatoms. The van der Waals surface area contributed by atoms with E-state index >= 15 is 0 Å². The highest BCUT2D eigenvalue weighted by atomic mass is 15.0. The highest BCUT2D eigenvalue weighted by Crippen LogP contribution is 1.94. The van der Waals surface area contributed by atoms with E-state index in [9.17, 15) is 0 Å². The summed E-state index contributed by atoms with van der Waals surface area (Å²) in [5, 5.41) is 3.25. The summed E-state index contributed by atoms with van der Waals surface area (Å²) in [6, 6.07) is 0.184. The third-order valence-corrected chi connectivity index (χ3v) is 2.10. The molecule has 0 saturated carbocycles. The van der Waals surface area contributed by atoms with E-state index in [0.29, 0.717) is 0 Å². The third kappa shape index (κ3) is 4.11. The van der Waals surface area contributed by atoms with Crippen LogP contribution in [0.4, 0.5) is 0 Å². The van der Waals surface area contributed by atoms with Gasteiger partial charge in [0, 0.05) is 18.9 Å². The number of nitrogens with zero attached hydrogens (tertiary/aromatic N) is 2. The number of imidazole rings is 1. The van der Waals surface area contributed by atoms with Crippen LogP contribution in [0.15, 0.2) is 18.7 Å². The van der Waals surface area contributed by atoms with Crippen LogP contribution in [0.3, 0.4) is 0 Å². The summed E-state index contributed by atoms with van der Waals surface area (Å²) in [7, 11) is 0. The first-order chi connectivity index (χ1) is 6.83. The van der Waals surface area contributed by atoms with Gasteiger partial charge in [-0.3, -0.25) is 0 Å². The molecule has 0 fully saturated rings. The lowest BCUT2D eigenvalue weighted by molar-refractivity contribution is 0.555. The van der Waals surface area contributed by atoms with Crippen LogP contribution in [0, 0.1) is 12.3 Å². The number of hydrogen-bond donors (Lipinski definition) is 1. The Morgan fingerprint density at radius 2 is 2.43 bits per heavy atom. The van der Waals surface area contributed by atoms with Gasteiger partial charge in [0.15, 0.2) is 0 Å². The highest BCUT2D eigenvalue weighted by Gasteiger charge is 1.94. The molecule has 1 unspecified atom stereocenters. The largest absolute Gasteiger partial charge is 0.337 e. The Bertz CT molecular complexity index is 271. The van der Waals surface area contributed by atoms with Crippen LogP contribution in [-0.2, 0) is 6.54 Å². The fraction of sp³-hybridized carbons (Fsp3) is 0.545. The lowest BCUT2D eigenvalue weighted by Crippen LogP contribution is -2.25. The summed E-state index contributed by atoms with van der Waals surface area (Å²) in [4.78, 5) is 3.98. The SMILES string of the molecule is C#CC(C)NCCCCn1ccnc1. The van der Waals surface area contributed by atoms with Crippen molar-refractivity contribution < 1.29 is 0 Å². The van der Waals surface area contributed by atoms with Gasteiger partial charge in [-0.2, -0.15) is 0 Å². The van der Waals surface area contributed by atoms with E-state index in [1.54, 1.807) is 6.20 Å². The predicted molar refractivity (Wildman–Crippen MR) is 57.8 cm³/mol. The Kier molecular flexibility index (Phi) is 4.81. The molecule has 1 rings (SSSR count). The summed E-state index contributed by atoms with van der Waals surface area (Å²) in [6.07, 6.45) is 13.2. The van der Waals surface area contributed by atoms with Crippen molar-refractivity contribution in [2.75, 3.05) is 6.54 Å². The van der Waals surface area contributed by atoms with Crippen LogP contribution in [0.1, 0.15) is 19.8 Å². The van der Waals surface area contributed by atoms with Crippen LogP contribution in [0.2, 0.25) is 0 Å². The van der Waals surface area contributed by atoms with Crippen molar-refractivity contribution in [3.05, 3.63) is 18.7 Å². The van der Waals surface area contributed by atoms with Crippen LogP contribution in [0.25, 0.3) is 0 Å². The van der Waals surface area contributed by atoms with E-state index < -0.39 is 0 Å². The van der Waals surface area contributed by atoms with Crippen LogP contribution in [0.5, 0.6) is 0 Å². The molecule has 76 valence electrons. The van der Waals surface area contributed by atoms with E-state index in [1.165, 1.54) is 0 Å². The minimum atomic E-state index is 0.184. The first kappa shape index (κ1) is 10.8. The van der Waals surface area contributed by atoms with Crippen molar-refractivity contribution in [2.45, 2.75) is 32.4 Å².